The van der Waals surface area contributed by atoms with E-state index in [0.29, 0.717) is 5.56 Å². The monoisotopic (exact) mass is 337 g/mol. The smallest absolute Gasteiger partial charge is 0.335 e. The van der Waals surface area contributed by atoms with Crippen LogP contribution in [0.3, 0.4) is 0 Å². The lowest BCUT2D eigenvalue weighted by atomic mass is 10.2. The SMILES string of the molecule is COc1cc(C(=O)O)cc(Cl)c1OCc1ccc([N+](=O)[O-])cc1. The fraction of sp³-hybridized carbons (Fsp3) is 0.133. The average Bonchev–Trinajstić information content (AvgIpc) is 2.53. The molecule has 0 aromatic heterocycles. The van der Waals surface area contributed by atoms with Crippen LogP contribution in [0.2, 0.25) is 5.02 Å². The Balaban J connectivity index is 2.19. The first-order valence-electron chi connectivity index (χ1n) is 6.39. The number of methoxy groups -OCH3 is 1. The van der Waals surface area contributed by atoms with Gasteiger partial charge in [-0.05, 0) is 29.8 Å². The molecule has 0 bridgehead atoms. The first-order chi connectivity index (χ1) is 10.9. The molecule has 0 saturated heterocycles. The van der Waals surface area contributed by atoms with Crippen molar-refractivity contribution < 1.29 is 24.3 Å². The summed E-state index contributed by atoms with van der Waals surface area (Å²) in [6.45, 7) is 0.0977. The van der Waals surface area contributed by atoms with Gasteiger partial charge in [-0.1, -0.05) is 11.6 Å². The zero-order valence-corrected chi connectivity index (χ0v) is 12.7. The molecule has 0 unspecified atom stereocenters. The normalized spacial score (nSPS) is 10.2. The van der Waals surface area contributed by atoms with Crippen LogP contribution in [0.1, 0.15) is 15.9 Å². The number of nitro benzene ring substituents is 1. The molecular formula is C15H12ClNO6. The Kier molecular flexibility index (Phi) is 5.02. The molecule has 1 N–H and O–H groups in total. The van der Waals surface area contributed by atoms with E-state index in [1.165, 1.54) is 31.4 Å². The second-order valence-corrected chi connectivity index (χ2v) is 4.91. The summed E-state index contributed by atoms with van der Waals surface area (Å²) in [5, 5.41) is 19.7. The number of ether oxygens (including phenoxy) is 2. The highest BCUT2D eigenvalue weighted by Gasteiger charge is 2.15. The molecule has 0 amide bonds. The topological polar surface area (TPSA) is 98.9 Å². The molecule has 0 aliphatic carbocycles. The lowest BCUT2D eigenvalue weighted by Crippen LogP contribution is -2.02. The van der Waals surface area contributed by atoms with Crippen LogP contribution in [0.25, 0.3) is 0 Å². The molecule has 0 fully saturated rings. The van der Waals surface area contributed by atoms with Gasteiger partial charge < -0.3 is 14.6 Å². The molecule has 2 aromatic carbocycles. The Morgan fingerprint density at radius 2 is 1.96 bits per heavy atom. The third-order valence-corrected chi connectivity index (χ3v) is 3.29. The maximum absolute atomic E-state index is 11.0. The second kappa shape index (κ2) is 6.97. The highest BCUT2D eigenvalue weighted by Crippen LogP contribution is 2.37. The molecule has 0 atom stereocenters. The second-order valence-electron chi connectivity index (χ2n) is 4.51. The molecular weight excluding hydrogens is 326 g/mol. The van der Waals surface area contributed by atoms with Gasteiger partial charge in [-0.25, -0.2) is 4.79 Å². The molecule has 7 nitrogen and oxygen atoms in total. The van der Waals surface area contributed by atoms with Gasteiger partial charge in [-0.3, -0.25) is 10.1 Å². The van der Waals surface area contributed by atoms with Crippen LogP contribution < -0.4 is 9.47 Å². The van der Waals surface area contributed by atoms with E-state index in [1.54, 1.807) is 12.1 Å². The van der Waals surface area contributed by atoms with Gasteiger partial charge in [-0.2, -0.15) is 0 Å². The van der Waals surface area contributed by atoms with Crippen molar-refractivity contribution in [2.45, 2.75) is 6.61 Å². The largest absolute Gasteiger partial charge is 0.493 e. The molecule has 0 aliphatic heterocycles. The molecule has 8 heteroatoms. The number of carbonyl (C=O) groups is 1. The maximum atomic E-state index is 11.0. The molecule has 0 saturated carbocycles. The molecule has 120 valence electrons. The highest BCUT2D eigenvalue weighted by atomic mass is 35.5. The number of halogens is 1. The maximum Gasteiger partial charge on any atom is 0.335 e. The number of nitro groups is 1. The van der Waals surface area contributed by atoms with E-state index >= 15 is 0 Å². The van der Waals surface area contributed by atoms with E-state index in [1.807, 2.05) is 0 Å². The fourth-order valence-electron chi connectivity index (χ4n) is 1.85. The van der Waals surface area contributed by atoms with Gasteiger partial charge >= 0.3 is 5.97 Å². The van der Waals surface area contributed by atoms with Gasteiger partial charge in [0.1, 0.15) is 6.61 Å². The Morgan fingerprint density at radius 1 is 1.30 bits per heavy atom. The Bertz CT molecular complexity index is 744. The zero-order valence-electron chi connectivity index (χ0n) is 12.0. The number of hydrogen-bond donors (Lipinski definition) is 1. The van der Waals surface area contributed by atoms with Gasteiger partial charge in [0.2, 0.25) is 0 Å². The van der Waals surface area contributed by atoms with Crippen molar-refractivity contribution in [3.05, 3.63) is 62.7 Å². The number of rotatable bonds is 6. The number of carboxylic acid groups (broad SMARTS) is 1. The molecule has 2 aromatic rings. The first-order valence-corrected chi connectivity index (χ1v) is 6.77. The minimum absolute atomic E-state index is 0.0184. The lowest BCUT2D eigenvalue weighted by molar-refractivity contribution is -0.384. The summed E-state index contributed by atoms with van der Waals surface area (Å²) in [7, 11) is 1.37. The Hall–Kier alpha value is -2.80. The standard InChI is InChI=1S/C15H12ClNO6/c1-22-13-7-10(15(18)19)6-12(16)14(13)23-8-9-2-4-11(5-3-9)17(20)21/h2-7H,8H2,1H3,(H,18,19). The van der Waals surface area contributed by atoms with Crippen LogP contribution in [0.5, 0.6) is 11.5 Å². The van der Waals surface area contributed by atoms with E-state index in [-0.39, 0.29) is 34.4 Å². The summed E-state index contributed by atoms with van der Waals surface area (Å²) >= 11 is 6.03. The minimum atomic E-state index is -1.13. The van der Waals surface area contributed by atoms with Crippen LogP contribution in [0.15, 0.2) is 36.4 Å². The minimum Gasteiger partial charge on any atom is -0.493 e. The van der Waals surface area contributed by atoms with Crippen LogP contribution in [0.4, 0.5) is 5.69 Å². The third-order valence-electron chi connectivity index (χ3n) is 3.01. The van der Waals surface area contributed by atoms with Gasteiger partial charge in [0.05, 0.1) is 22.6 Å². The van der Waals surface area contributed by atoms with Crippen molar-refractivity contribution in [3.8, 4) is 11.5 Å². The van der Waals surface area contributed by atoms with Crippen molar-refractivity contribution in [3.63, 3.8) is 0 Å². The van der Waals surface area contributed by atoms with E-state index in [4.69, 9.17) is 26.2 Å². The van der Waals surface area contributed by atoms with E-state index in [2.05, 4.69) is 0 Å². The van der Waals surface area contributed by atoms with Crippen molar-refractivity contribution >= 4 is 23.3 Å². The predicted octanol–water partition coefficient (Wildman–Crippen LogP) is 3.53. The number of benzene rings is 2. The van der Waals surface area contributed by atoms with Crippen molar-refractivity contribution in [1.29, 1.82) is 0 Å². The first kappa shape index (κ1) is 16.6. The predicted molar refractivity (Wildman–Crippen MR) is 82.4 cm³/mol. The Labute approximate surface area is 136 Å². The van der Waals surface area contributed by atoms with E-state index in [9.17, 15) is 14.9 Å². The number of nitrogens with zero attached hydrogens (tertiary/aromatic N) is 1. The lowest BCUT2D eigenvalue weighted by Gasteiger charge is -2.13. The number of aromatic carboxylic acids is 1. The number of carboxylic acids is 1. The van der Waals surface area contributed by atoms with Crippen LogP contribution in [0, 0.1) is 10.1 Å². The summed E-state index contributed by atoms with van der Waals surface area (Å²) in [6.07, 6.45) is 0. The molecule has 0 aliphatic rings. The van der Waals surface area contributed by atoms with Crippen LogP contribution in [-0.4, -0.2) is 23.1 Å². The summed E-state index contributed by atoms with van der Waals surface area (Å²) < 4.78 is 10.7. The summed E-state index contributed by atoms with van der Waals surface area (Å²) in [5.74, 6) is -0.735. The van der Waals surface area contributed by atoms with Crippen LogP contribution >= 0.6 is 11.6 Å². The fourth-order valence-corrected chi connectivity index (χ4v) is 2.12. The van der Waals surface area contributed by atoms with Gasteiger partial charge in [-0.15, -0.1) is 0 Å². The molecule has 23 heavy (non-hydrogen) atoms. The van der Waals surface area contributed by atoms with Crippen molar-refractivity contribution in [1.82, 2.24) is 0 Å². The zero-order chi connectivity index (χ0) is 17.0. The van der Waals surface area contributed by atoms with E-state index in [0.717, 1.165) is 0 Å². The molecule has 0 heterocycles. The third kappa shape index (κ3) is 3.89. The summed E-state index contributed by atoms with van der Waals surface area (Å²) in [6, 6.07) is 8.42. The summed E-state index contributed by atoms with van der Waals surface area (Å²) in [4.78, 5) is 21.1. The summed E-state index contributed by atoms with van der Waals surface area (Å²) in [5.41, 5.74) is 0.653. The number of hydrogen-bond acceptors (Lipinski definition) is 5. The Morgan fingerprint density at radius 3 is 2.48 bits per heavy atom. The van der Waals surface area contributed by atoms with Gasteiger partial charge in [0.15, 0.2) is 11.5 Å². The highest BCUT2D eigenvalue weighted by molar-refractivity contribution is 6.32. The van der Waals surface area contributed by atoms with Crippen LogP contribution in [-0.2, 0) is 6.61 Å². The van der Waals surface area contributed by atoms with Crippen molar-refractivity contribution in [2.75, 3.05) is 7.11 Å². The molecule has 0 spiro atoms. The number of non-ortho nitro benzene ring substituents is 1. The van der Waals surface area contributed by atoms with E-state index < -0.39 is 10.9 Å². The average molecular weight is 338 g/mol. The quantitative estimate of drug-likeness (QED) is 0.639. The van der Waals surface area contributed by atoms with Gasteiger partial charge in [0, 0.05) is 12.1 Å². The molecule has 2 rings (SSSR count). The van der Waals surface area contributed by atoms with Crippen molar-refractivity contribution in [2.24, 2.45) is 0 Å². The molecule has 0 radical (unpaired) electrons. The van der Waals surface area contributed by atoms with Gasteiger partial charge in [0.25, 0.3) is 5.69 Å².